The first-order valence-electron chi connectivity index (χ1n) is 10.8. The highest BCUT2D eigenvalue weighted by Crippen LogP contribution is 2.44. The molecule has 1 atom stereocenters. The Labute approximate surface area is 201 Å². The molecule has 0 spiro atoms. The molecule has 8 heteroatoms. The van der Waals surface area contributed by atoms with Crippen molar-refractivity contribution in [3.8, 4) is 11.1 Å². The molecule has 3 aromatic rings. The van der Waals surface area contributed by atoms with Gasteiger partial charge in [-0.15, -0.1) is 0 Å². The molecular formula is C26H23ClN2O5. The molecule has 0 bridgehead atoms. The van der Waals surface area contributed by atoms with E-state index >= 15 is 0 Å². The smallest absolute Gasteiger partial charge is 0.407 e. The van der Waals surface area contributed by atoms with E-state index in [4.69, 9.17) is 21.4 Å². The summed E-state index contributed by atoms with van der Waals surface area (Å²) in [6.45, 7) is 1.85. The van der Waals surface area contributed by atoms with Crippen molar-refractivity contribution in [3.63, 3.8) is 0 Å². The molecule has 174 valence electrons. The van der Waals surface area contributed by atoms with E-state index < -0.39 is 23.9 Å². The third-order valence-electron chi connectivity index (χ3n) is 5.82. The predicted octanol–water partition coefficient (Wildman–Crippen LogP) is 5.15. The van der Waals surface area contributed by atoms with E-state index in [9.17, 15) is 14.4 Å². The van der Waals surface area contributed by atoms with Crippen LogP contribution in [-0.4, -0.2) is 36.2 Å². The average Bonchev–Trinajstić information content (AvgIpc) is 3.16. The topological polar surface area (TPSA) is 105 Å². The summed E-state index contributed by atoms with van der Waals surface area (Å²) >= 11 is 6.06. The Morgan fingerprint density at radius 3 is 2.24 bits per heavy atom. The summed E-state index contributed by atoms with van der Waals surface area (Å²) in [4.78, 5) is 36.0. The van der Waals surface area contributed by atoms with Gasteiger partial charge in [0.25, 0.3) is 0 Å². The first kappa shape index (κ1) is 23.3. The summed E-state index contributed by atoms with van der Waals surface area (Å²) in [6, 6.07) is 20.2. The van der Waals surface area contributed by atoms with E-state index in [0.29, 0.717) is 0 Å². The van der Waals surface area contributed by atoms with E-state index in [2.05, 4.69) is 22.8 Å². The molecule has 3 N–H and O–H groups in total. The highest BCUT2D eigenvalue weighted by molar-refractivity contribution is 6.33. The minimum atomic E-state index is -1.13. The maximum Gasteiger partial charge on any atom is 0.407 e. The van der Waals surface area contributed by atoms with Gasteiger partial charge in [0.15, 0.2) is 0 Å². The Hall–Kier alpha value is -3.84. The largest absolute Gasteiger partial charge is 0.478 e. The third-order valence-corrected chi connectivity index (χ3v) is 6.14. The summed E-state index contributed by atoms with van der Waals surface area (Å²) in [6.07, 6.45) is -0.618. The summed E-state index contributed by atoms with van der Waals surface area (Å²) < 4.78 is 5.48. The van der Waals surface area contributed by atoms with Gasteiger partial charge in [-0.05, 0) is 40.5 Å². The molecule has 3 aromatic carbocycles. The molecule has 1 unspecified atom stereocenters. The van der Waals surface area contributed by atoms with Crippen LogP contribution in [0.4, 0.5) is 10.5 Å². The Bertz CT molecular complexity index is 1210. The van der Waals surface area contributed by atoms with Gasteiger partial charge in [-0.3, -0.25) is 4.79 Å². The lowest BCUT2D eigenvalue weighted by molar-refractivity contribution is -0.119. The van der Waals surface area contributed by atoms with Gasteiger partial charge >= 0.3 is 12.1 Å². The number of rotatable bonds is 7. The number of hydrogen-bond acceptors (Lipinski definition) is 4. The van der Waals surface area contributed by atoms with E-state index in [0.717, 1.165) is 22.3 Å². The number of carboxylic acids is 1. The lowest BCUT2D eigenvalue weighted by Gasteiger charge is -2.16. The van der Waals surface area contributed by atoms with Gasteiger partial charge in [-0.2, -0.15) is 0 Å². The normalized spacial score (nSPS) is 12.9. The molecule has 0 aromatic heterocycles. The zero-order valence-electron chi connectivity index (χ0n) is 18.4. The second kappa shape index (κ2) is 9.97. The van der Waals surface area contributed by atoms with Crippen LogP contribution in [0.2, 0.25) is 5.02 Å². The van der Waals surface area contributed by atoms with Crippen molar-refractivity contribution < 1.29 is 24.2 Å². The Balaban J connectivity index is 1.31. The summed E-state index contributed by atoms with van der Waals surface area (Å²) in [7, 11) is 0. The lowest BCUT2D eigenvalue weighted by atomic mass is 9.98. The first-order valence-corrected chi connectivity index (χ1v) is 11.2. The van der Waals surface area contributed by atoms with Gasteiger partial charge in [0.05, 0.1) is 22.2 Å². The zero-order valence-corrected chi connectivity index (χ0v) is 19.1. The van der Waals surface area contributed by atoms with Crippen LogP contribution in [-0.2, 0) is 9.53 Å². The standard InChI is InChI=1S/C26H23ClN2O5/c1-15(24(30)29-23-12-16(25(31)32)10-11-22(23)27)13-28-26(33)34-14-21-19-8-4-2-6-17(19)18-7-3-5-9-20(18)21/h2-12,15,21H,13-14H2,1H3,(H,28,33)(H,29,30)(H,31,32). The lowest BCUT2D eigenvalue weighted by Crippen LogP contribution is -2.35. The number of halogens is 1. The molecule has 7 nitrogen and oxygen atoms in total. The van der Waals surface area contributed by atoms with Crippen LogP contribution in [0.1, 0.15) is 34.3 Å². The van der Waals surface area contributed by atoms with Gasteiger partial charge in [0, 0.05) is 12.5 Å². The molecule has 0 aliphatic heterocycles. The molecular weight excluding hydrogens is 456 g/mol. The molecule has 2 amide bonds. The van der Waals surface area contributed by atoms with Crippen LogP contribution in [0.25, 0.3) is 11.1 Å². The van der Waals surface area contributed by atoms with Crippen molar-refractivity contribution in [1.82, 2.24) is 5.32 Å². The number of aromatic carboxylic acids is 1. The molecule has 1 aliphatic rings. The van der Waals surface area contributed by atoms with Crippen LogP contribution in [0.5, 0.6) is 0 Å². The fourth-order valence-electron chi connectivity index (χ4n) is 3.99. The van der Waals surface area contributed by atoms with E-state index in [1.165, 1.54) is 18.2 Å². The summed E-state index contributed by atoms with van der Waals surface area (Å²) in [5, 5.41) is 14.5. The molecule has 4 rings (SSSR count). The summed E-state index contributed by atoms with van der Waals surface area (Å²) in [5.41, 5.74) is 4.71. The Morgan fingerprint density at radius 1 is 1.00 bits per heavy atom. The Morgan fingerprint density at radius 2 is 1.62 bits per heavy atom. The fraction of sp³-hybridized carbons (Fsp3) is 0.192. The third kappa shape index (κ3) is 4.89. The van der Waals surface area contributed by atoms with Gasteiger partial charge in [0.2, 0.25) is 5.91 Å². The zero-order chi connectivity index (χ0) is 24.2. The molecule has 1 aliphatic carbocycles. The van der Waals surface area contributed by atoms with Crippen LogP contribution in [0.15, 0.2) is 66.7 Å². The van der Waals surface area contributed by atoms with Crippen molar-refractivity contribution in [1.29, 1.82) is 0 Å². The maximum atomic E-state index is 12.5. The molecule has 0 saturated carbocycles. The number of hydrogen-bond donors (Lipinski definition) is 3. The monoisotopic (exact) mass is 478 g/mol. The Kier molecular flexibility index (Phi) is 6.84. The number of benzene rings is 3. The van der Waals surface area contributed by atoms with E-state index in [1.807, 2.05) is 36.4 Å². The number of carbonyl (C=O) groups excluding carboxylic acids is 2. The van der Waals surface area contributed by atoms with Crippen LogP contribution in [0.3, 0.4) is 0 Å². The minimum Gasteiger partial charge on any atom is -0.478 e. The molecule has 0 fully saturated rings. The maximum absolute atomic E-state index is 12.5. The number of carbonyl (C=O) groups is 3. The number of ether oxygens (including phenoxy) is 1. The SMILES string of the molecule is CC(CNC(=O)OCC1c2ccccc2-c2ccccc21)C(=O)Nc1cc(C(=O)O)ccc1Cl. The van der Waals surface area contributed by atoms with Gasteiger partial charge in [0.1, 0.15) is 6.61 Å². The molecule has 0 heterocycles. The van der Waals surface area contributed by atoms with Crippen LogP contribution in [0, 0.1) is 5.92 Å². The van der Waals surface area contributed by atoms with Crippen molar-refractivity contribution in [2.45, 2.75) is 12.8 Å². The molecule has 0 radical (unpaired) electrons. The van der Waals surface area contributed by atoms with Crippen LogP contribution < -0.4 is 10.6 Å². The van der Waals surface area contributed by atoms with Crippen LogP contribution >= 0.6 is 11.6 Å². The van der Waals surface area contributed by atoms with E-state index in [1.54, 1.807) is 6.92 Å². The molecule has 34 heavy (non-hydrogen) atoms. The van der Waals surface area contributed by atoms with Crippen molar-refractivity contribution >= 4 is 35.3 Å². The number of anilines is 1. The van der Waals surface area contributed by atoms with Crippen molar-refractivity contribution in [3.05, 3.63) is 88.4 Å². The minimum absolute atomic E-state index is 0.00381. The number of nitrogens with one attached hydrogen (secondary N) is 2. The average molecular weight is 479 g/mol. The highest BCUT2D eigenvalue weighted by atomic mass is 35.5. The van der Waals surface area contributed by atoms with Crippen molar-refractivity contribution in [2.75, 3.05) is 18.5 Å². The first-order chi connectivity index (χ1) is 16.3. The number of amides is 2. The second-order valence-electron chi connectivity index (χ2n) is 8.10. The number of fused-ring (bicyclic) bond motifs is 3. The number of alkyl carbamates (subject to hydrolysis) is 1. The second-order valence-corrected chi connectivity index (χ2v) is 8.50. The van der Waals surface area contributed by atoms with Gasteiger partial charge < -0.3 is 20.5 Å². The van der Waals surface area contributed by atoms with Gasteiger partial charge in [-0.1, -0.05) is 67.1 Å². The molecule has 0 saturated heterocycles. The quantitative estimate of drug-likeness (QED) is 0.435. The highest BCUT2D eigenvalue weighted by Gasteiger charge is 2.29. The number of carboxylic acid groups (broad SMARTS) is 1. The van der Waals surface area contributed by atoms with Gasteiger partial charge in [-0.25, -0.2) is 9.59 Å². The van der Waals surface area contributed by atoms with E-state index in [-0.39, 0.29) is 35.3 Å². The fourth-order valence-corrected chi connectivity index (χ4v) is 4.15. The predicted molar refractivity (Wildman–Crippen MR) is 129 cm³/mol. The summed E-state index contributed by atoms with van der Waals surface area (Å²) in [5.74, 6) is -2.20. The van der Waals surface area contributed by atoms with Crippen molar-refractivity contribution in [2.24, 2.45) is 5.92 Å².